The van der Waals surface area contributed by atoms with Crippen LogP contribution in [-0.4, -0.2) is 27.6 Å². The van der Waals surface area contributed by atoms with E-state index >= 15 is 0 Å². The lowest BCUT2D eigenvalue weighted by molar-refractivity contribution is -0.625. The zero-order valence-electron chi connectivity index (χ0n) is 21.7. The number of hydrazone groups is 1. The zero-order chi connectivity index (χ0) is 26.6. The van der Waals surface area contributed by atoms with Crippen LogP contribution in [0.25, 0.3) is 17.1 Å². The SMILES string of the molecule is CC(=NNC(=O)CSc1n[nH]c(-c2ccc(C(C)(C)C)cc2)[n+]1-c1ccc(C)cc1)c1ccc([O-])cc1. The topological polar surface area (TPSA) is 97.1 Å². The van der Waals surface area contributed by atoms with Crippen molar-refractivity contribution in [3.05, 3.63) is 89.5 Å². The van der Waals surface area contributed by atoms with Crippen LogP contribution in [0.4, 0.5) is 0 Å². The van der Waals surface area contributed by atoms with Crippen LogP contribution in [0.2, 0.25) is 0 Å². The van der Waals surface area contributed by atoms with E-state index in [1.54, 1.807) is 19.1 Å². The van der Waals surface area contributed by atoms with E-state index < -0.39 is 0 Å². The van der Waals surface area contributed by atoms with Crippen LogP contribution < -0.4 is 15.1 Å². The number of benzene rings is 3. The number of aryl methyl sites for hydroxylation is 1. The molecule has 190 valence electrons. The highest BCUT2D eigenvalue weighted by atomic mass is 32.2. The average molecular weight is 514 g/mol. The van der Waals surface area contributed by atoms with E-state index in [-0.39, 0.29) is 22.8 Å². The third kappa shape index (κ3) is 6.46. The van der Waals surface area contributed by atoms with Gasteiger partial charge in [-0.05, 0) is 66.4 Å². The Morgan fingerprint density at radius 3 is 2.30 bits per heavy atom. The number of amides is 1. The molecule has 1 amide bonds. The summed E-state index contributed by atoms with van der Waals surface area (Å²) in [5.41, 5.74) is 8.42. The van der Waals surface area contributed by atoms with Gasteiger partial charge in [0.25, 0.3) is 11.7 Å². The molecule has 0 saturated heterocycles. The summed E-state index contributed by atoms with van der Waals surface area (Å²) in [7, 11) is 0. The molecular formula is C29H31N5O2S. The first kappa shape index (κ1) is 26.2. The largest absolute Gasteiger partial charge is 0.872 e. The third-order valence-electron chi connectivity index (χ3n) is 5.94. The molecule has 3 aromatic carbocycles. The molecule has 7 nitrogen and oxygen atoms in total. The maximum atomic E-state index is 12.6. The molecule has 1 aromatic heterocycles. The van der Waals surface area contributed by atoms with Crippen LogP contribution in [0.1, 0.15) is 44.4 Å². The van der Waals surface area contributed by atoms with Gasteiger partial charge in [0.2, 0.25) is 0 Å². The van der Waals surface area contributed by atoms with E-state index in [0.717, 1.165) is 28.2 Å². The molecule has 0 aliphatic carbocycles. The predicted molar refractivity (Wildman–Crippen MR) is 146 cm³/mol. The number of rotatable bonds is 7. The van der Waals surface area contributed by atoms with Gasteiger partial charge in [0.1, 0.15) is 5.69 Å². The second-order valence-electron chi connectivity index (χ2n) is 9.90. The lowest BCUT2D eigenvalue weighted by Crippen LogP contribution is -2.34. The molecule has 0 unspecified atom stereocenters. The second-order valence-corrected chi connectivity index (χ2v) is 10.8. The molecule has 0 aliphatic rings. The van der Waals surface area contributed by atoms with E-state index in [9.17, 15) is 9.90 Å². The quantitative estimate of drug-likeness (QED) is 0.162. The van der Waals surface area contributed by atoms with Gasteiger partial charge < -0.3 is 5.11 Å². The number of carbonyl (C=O) groups is 1. The summed E-state index contributed by atoms with van der Waals surface area (Å²) in [5, 5.41) is 23.9. The molecule has 2 N–H and O–H groups in total. The summed E-state index contributed by atoms with van der Waals surface area (Å²) in [6.07, 6.45) is 0. The van der Waals surface area contributed by atoms with E-state index in [0.29, 0.717) is 10.9 Å². The first-order valence-electron chi connectivity index (χ1n) is 12.0. The van der Waals surface area contributed by atoms with Crippen molar-refractivity contribution < 1.29 is 14.5 Å². The van der Waals surface area contributed by atoms with Crippen molar-refractivity contribution in [2.45, 2.75) is 45.2 Å². The van der Waals surface area contributed by atoms with Crippen molar-refractivity contribution in [1.29, 1.82) is 0 Å². The van der Waals surface area contributed by atoms with Crippen molar-refractivity contribution in [3.63, 3.8) is 0 Å². The van der Waals surface area contributed by atoms with Crippen LogP contribution in [0.3, 0.4) is 0 Å². The number of nitrogens with zero attached hydrogens (tertiary/aromatic N) is 3. The first-order valence-corrected chi connectivity index (χ1v) is 13.0. The smallest absolute Gasteiger partial charge is 0.342 e. The van der Waals surface area contributed by atoms with Crippen LogP contribution >= 0.6 is 11.8 Å². The number of nitrogens with one attached hydrogen (secondary N) is 2. The highest BCUT2D eigenvalue weighted by Crippen LogP contribution is 2.26. The first-order chi connectivity index (χ1) is 17.6. The van der Waals surface area contributed by atoms with Gasteiger partial charge in [-0.1, -0.05) is 74.9 Å². The Morgan fingerprint density at radius 2 is 1.68 bits per heavy atom. The van der Waals surface area contributed by atoms with Gasteiger partial charge in [0.05, 0.1) is 22.1 Å². The van der Waals surface area contributed by atoms with Crippen molar-refractivity contribution in [3.8, 4) is 22.8 Å². The molecule has 0 saturated carbocycles. The summed E-state index contributed by atoms with van der Waals surface area (Å²) in [6.45, 7) is 10.4. The van der Waals surface area contributed by atoms with Crippen LogP contribution in [-0.2, 0) is 10.2 Å². The summed E-state index contributed by atoms with van der Waals surface area (Å²) < 4.78 is 2.03. The number of aromatic nitrogens is 3. The highest BCUT2D eigenvalue weighted by molar-refractivity contribution is 7.99. The van der Waals surface area contributed by atoms with Gasteiger partial charge in [-0.3, -0.25) is 4.79 Å². The van der Waals surface area contributed by atoms with Crippen molar-refractivity contribution in [2.75, 3.05) is 5.75 Å². The Balaban J connectivity index is 1.55. The van der Waals surface area contributed by atoms with E-state index in [1.165, 1.54) is 29.5 Å². The molecule has 0 fully saturated rings. The highest BCUT2D eigenvalue weighted by Gasteiger charge is 2.25. The van der Waals surface area contributed by atoms with Gasteiger partial charge in [0, 0.05) is 0 Å². The van der Waals surface area contributed by atoms with E-state index in [1.807, 2.05) is 23.6 Å². The van der Waals surface area contributed by atoms with Crippen molar-refractivity contribution >= 4 is 23.4 Å². The Labute approximate surface area is 221 Å². The van der Waals surface area contributed by atoms with E-state index in [2.05, 4.69) is 77.9 Å². The Morgan fingerprint density at radius 1 is 1.03 bits per heavy atom. The monoisotopic (exact) mass is 513 g/mol. The fourth-order valence-electron chi connectivity index (χ4n) is 3.72. The molecule has 0 bridgehead atoms. The minimum Gasteiger partial charge on any atom is -0.872 e. The van der Waals surface area contributed by atoms with Crippen LogP contribution in [0.15, 0.2) is 83.1 Å². The van der Waals surface area contributed by atoms with E-state index in [4.69, 9.17) is 0 Å². The molecule has 37 heavy (non-hydrogen) atoms. The summed E-state index contributed by atoms with van der Waals surface area (Å²) >= 11 is 1.32. The molecule has 0 atom stereocenters. The number of aromatic amines is 1. The molecule has 0 aliphatic heterocycles. The van der Waals surface area contributed by atoms with Crippen LogP contribution in [0, 0.1) is 6.92 Å². The summed E-state index contributed by atoms with van der Waals surface area (Å²) in [4.78, 5) is 12.6. The maximum absolute atomic E-state index is 12.6. The molecule has 1 heterocycles. The molecular weight excluding hydrogens is 482 g/mol. The second kappa shape index (κ2) is 11.0. The maximum Gasteiger partial charge on any atom is 0.342 e. The Hall–Kier alpha value is -3.91. The minimum absolute atomic E-state index is 0.0636. The number of hydrogen-bond donors (Lipinski definition) is 2. The predicted octanol–water partition coefficient (Wildman–Crippen LogP) is 4.67. The molecule has 0 spiro atoms. The van der Waals surface area contributed by atoms with Crippen LogP contribution in [0.5, 0.6) is 5.75 Å². The van der Waals surface area contributed by atoms with Gasteiger partial charge in [-0.15, -0.1) is 10.8 Å². The minimum atomic E-state index is -0.251. The van der Waals surface area contributed by atoms with Gasteiger partial charge in [0.15, 0.2) is 0 Å². The molecule has 8 heteroatoms. The lowest BCUT2D eigenvalue weighted by atomic mass is 9.87. The number of hydrogen-bond acceptors (Lipinski definition) is 5. The lowest BCUT2D eigenvalue weighted by Gasteiger charge is -2.18. The van der Waals surface area contributed by atoms with Crippen molar-refractivity contribution in [2.24, 2.45) is 5.10 Å². The normalized spacial score (nSPS) is 12.0. The van der Waals surface area contributed by atoms with Gasteiger partial charge >= 0.3 is 5.16 Å². The molecule has 4 rings (SSSR count). The van der Waals surface area contributed by atoms with Crippen molar-refractivity contribution in [1.82, 2.24) is 15.6 Å². The molecule has 0 radical (unpaired) electrons. The summed E-state index contributed by atoms with van der Waals surface area (Å²) in [5.74, 6) is 0.652. The fraction of sp³-hybridized carbons (Fsp3) is 0.241. The molecule has 4 aromatic rings. The zero-order valence-corrected chi connectivity index (χ0v) is 22.5. The average Bonchev–Trinajstić information content (AvgIpc) is 3.30. The number of thioether (sulfide) groups is 1. The third-order valence-corrected chi connectivity index (χ3v) is 6.88. The Bertz CT molecular complexity index is 1400. The number of carbonyl (C=O) groups excluding carboxylic acids is 1. The summed E-state index contributed by atoms with van der Waals surface area (Å²) in [6, 6.07) is 23.0. The Kier molecular flexibility index (Phi) is 7.78. The van der Waals surface area contributed by atoms with Gasteiger partial charge in [-0.2, -0.15) is 9.67 Å². The standard InChI is InChI=1S/C29H31N5O2S/c1-19-6-14-24(15-7-19)34-27(22-8-12-23(13-9-22)29(3,4)5)32-33-28(34)37-18-26(36)31-30-20(2)21-10-16-25(35)17-11-21/h6-17H,18H2,1-5H3,(H2,30,31,35,36). The fourth-order valence-corrected chi connectivity index (χ4v) is 4.48. The number of H-pyrrole nitrogens is 1. The van der Waals surface area contributed by atoms with Gasteiger partial charge in [-0.25, -0.2) is 5.43 Å².